The minimum absolute atomic E-state index is 0.475. The quantitative estimate of drug-likeness (QED) is 0.727. The maximum Gasteiger partial charge on any atom is 0.359 e. The van der Waals surface area contributed by atoms with Gasteiger partial charge >= 0.3 is 5.97 Å². The van der Waals surface area contributed by atoms with Crippen LogP contribution in [0.2, 0.25) is 0 Å². The number of hydrogen-bond acceptors (Lipinski definition) is 4. The van der Waals surface area contributed by atoms with Crippen molar-refractivity contribution in [3.8, 4) is 6.07 Å². The predicted molar refractivity (Wildman–Crippen MR) is 45.2 cm³/mol. The number of carbonyl (C=O) groups is 1. The number of alkyl halides is 2. The van der Waals surface area contributed by atoms with E-state index in [1.54, 1.807) is 0 Å². The summed E-state index contributed by atoms with van der Waals surface area (Å²) in [5.74, 6) is -2.68. The van der Waals surface area contributed by atoms with Gasteiger partial charge in [-0.3, -0.25) is 0 Å². The Morgan fingerprint density at radius 2 is 2.25 bits per heavy atom. The van der Waals surface area contributed by atoms with Crippen molar-refractivity contribution in [3.63, 3.8) is 0 Å². The maximum atomic E-state index is 13.3. The van der Waals surface area contributed by atoms with Crippen molar-refractivity contribution in [1.82, 2.24) is 4.98 Å². The zero-order valence-corrected chi connectivity index (χ0v) is 8.00. The third-order valence-corrected chi connectivity index (χ3v) is 1.71. The van der Waals surface area contributed by atoms with Gasteiger partial charge < -0.3 is 4.74 Å². The van der Waals surface area contributed by atoms with Crippen LogP contribution in [0.5, 0.6) is 0 Å². The molecule has 0 unspecified atom stereocenters. The number of halogens is 3. The van der Waals surface area contributed by atoms with E-state index in [9.17, 15) is 18.0 Å². The Bertz CT molecular complexity index is 469. The fourth-order valence-electron chi connectivity index (χ4n) is 0.997. The highest BCUT2D eigenvalue weighted by molar-refractivity contribution is 5.87. The Morgan fingerprint density at radius 3 is 2.69 bits per heavy atom. The van der Waals surface area contributed by atoms with Gasteiger partial charge in [0, 0.05) is 0 Å². The van der Waals surface area contributed by atoms with Crippen LogP contribution in [0.15, 0.2) is 6.07 Å². The van der Waals surface area contributed by atoms with Gasteiger partial charge in [0.2, 0.25) is 0 Å². The monoisotopic (exact) mass is 230 g/mol. The molecule has 0 saturated carbocycles. The van der Waals surface area contributed by atoms with Crippen LogP contribution in [-0.4, -0.2) is 18.1 Å². The van der Waals surface area contributed by atoms with E-state index in [2.05, 4.69) is 9.72 Å². The van der Waals surface area contributed by atoms with E-state index in [1.807, 2.05) is 0 Å². The summed E-state index contributed by atoms with van der Waals surface area (Å²) >= 11 is 0. The van der Waals surface area contributed by atoms with Crippen LogP contribution in [0.3, 0.4) is 0 Å². The first-order valence-electron chi connectivity index (χ1n) is 3.98. The van der Waals surface area contributed by atoms with E-state index in [0.29, 0.717) is 6.07 Å². The minimum atomic E-state index is -3.14. The lowest BCUT2D eigenvalue weighted by molar-refractivity contribution is 0.0586. The first kappa shape index (κ1) is 12.0. The molecule has 0 spiro atoms. The van der Waals surface area contributed by atoms with Crippen molar-refractivity contribution in [2.45, 2.75) is 6.43 Å². The molecule has 16 heavy (non-hydrogen) atoms. The molecule has 0 aliphatic heterocycles. The smallest absolute Gasteiger partial charge is 0.359 e. The summed E-state index contributed by atoms with van der Waals surface area (Å²) in [6.07, 6.45) is -3.14. The van der Waals surface area contributed by atoms with Crippen molar-refractivity contribution in [1.29, 1.82) is 5.26 Å². The number of aromatic nitrogens is 1. The summed E-state index contributed by atoms with van der Waals surface area (Å²) in [6.45, 7) is 0. The highest BCUT2D eigenvalue weighted by atomic mass is 19.3. The van der Waals surface area contributed by atoms with Crippen molar-refractivity contribution in [2.24, 2.45) is 0 Å². The summed E-state index contributed by atoms with van der Waals surface area (Å²) in [4.78, 5) is 14.3. The number of nitriles is 1. The largest absolute Gasteiger partial charge is 0.464 e. The van der Waals surface area contributed by atoms with E-state index in [0.717, 1.165) is 7.11 Å². The molecule has 0 aliphatic carbocycles. The lowest BCUT2D eigenvalue weighted by Gasteiger charge is -2.06. The summed E-state index contributed by atoms with van der Waals surface area (Å²) < 4.78 is 42.2. The molecule has 0 radical (unpaired) electrons. The molecule has 0 bridgehead atoms. The van der Waals surface area contributed by atoms with Gasteiger partial charge in [-0.15, -0.1) is 0 Å². The van der Waals surface area contributed by atoms with Gasteiger partial charge in [0.1, 0.15) is 11.8 Å². The van der Waals surface area contributed by atoms with Gasteiger partial charge in [-0.1, -0.05) is 0 Å². The number of rotatable bonds is 2. The molecule has 1 aromatic rings. The number of methoxy groups -OCH3 is 1. The Kier molecular flexibility index (Phi) is 3.45. The molecule has 0 amide bonds. The summed E-state index contributed by atoms with van der Waals surface area (Å²) in [5.41, 5.74) is -2.44. The molecule has 84 valence electrons. The highest BCUT2D eigenvalue weighted by Crippen LogP contribution is 2.24. The van der Waals surface area contributed by atoms with E-state index in [1.165, 1.54) is 6.07 Å². The van der Waals surface area contributed by atoms with Gasteiger partial charge in [-0.25, -0.2) is 22.9 Å². The van der Waals surface area contributed by atoms with Crippen LogP contribution in [0.25, 0.3) is 0 Å². The molecule has 0 atom stereocenters. The summed E-state index contributed by atoms with van der Waals surface area (Å²) in [7, 11) is 0.949. The van der Waals surface area contributed by atoms with Gasteiger partial charge in [0.15, 0.2) is 11.5 Å². The maximum absolute atomic E-state index is 13.3. The van der Waals surface area contributed by atoms with E-state index in [-0.39, 0.29) is 0 Å². The van der Waals surface area contributed by atoms with Crippen LogP contribution in [0, 0.1) is 17.1 Å². The van der Waals surface area contributed by atoms with Gasteiger partial charge in [-0.05, 0) is 6.07 Å². The molecule has 0 aromatic carbocycles. The Hall–Kier alpha value is -2.10. The fraction of sp³-hybridized carbons (Fsp3) is 0.222. The van der Waals surface area contributed by atoms with Crippen LogP contribution < -0.4 is 0 Å². The number of ether oxygens (including phenoxy) is 1. The first-order chi connectivity index (χ1) is 7.51. The van der Waals surface area contributed by atoms with Crippen molar-refractivity contribution < 1.29 is 22.7 Å². The molecule has 0 saturated heterocycles. The molecule has 4 nitrogen and oxygen atoms in total. The zero-order chi connectivity index (χ0) is 12.3. The first-order valence-corrected chi connectivity index (χ1v) is 3.98. The standard InChI is InChI=1S/C9H5F3N2O2/c1-16-9(15)7-6(10)5(8(11)12)2-4(3-13)14-7/h2,8H,1H3. The van der Waals surface area contributed by atoms with Crippen LogP contribution in [-0.2, 0) is 4.74 Å². The van der Waals surface area contributed by atoms with Crippen molar-refractivity contribution in [3.05, 3.63) is 28.8 Å². The van der Waals surface area contributed by atoms with E-state index < -0.39 is 35.2 Å². The van der Waals surface area contributed by atoms with Crippen LogP contribution >= 0.6 is 0 Å². The second-order valence-corrected chi connectivity index (χ2v) is 2.66. The SMILES string of the molecule is COC(=O)c1nc(C#N)cc(C(F)F)c1F. The molecular formula is C9H5F3N2O2. The Balaban J connectivity index is 3.44. The van der Waals surface area contributed by atoms with Gasteiger partial charge in [-0.2, -0.15) is 5.26 Å². The second kappa shape index (κ2) is 4.61. The Labute approximate surface area is 88.3 Å². The zero-order valence-electron chi connectivity index (χ0n) is 8.00. The molecule has 1 aromatic heterocycles. The second-order valence-electron chi connectivity index (χ2n) is 2.66. The molecule has 0 fully saturated rings. The third-order valence-electron chi connectivity index (χ3n) is 1.71. The molecule has 0 N–H and O–H groups in total. The molecule has 1 rings (SSSR count). The number of esters is 1. The molecular weight excluding hydrogens is 225 g/mol. The number of nitrogens with zero attached hydrogens (tertiary/aromatic N) is 2. The average Bonchev–Trinajstić information content (AvgIpc) is 2.28. The highest BCUT2D eigenvalue weighted by Gasteiger charge is 2.24. The molecule has 0 aliphatic rings. The summed E-state index contributed by atoms with van der Waals surface area (Å²) in [6, 6.07) is 2.04. The predicted octanol–water partition coefficient (Wildman–Crippen LogP) is 1.82. The molecule has 1 heterocycles. The van der Waals surface area contributed by atoms with Crippen LogP contribution in [0.4, 0.5) is 13.2 Å². The van der Waals surface area contributed by atoms with Crippen molar-refractivity contribution >= 4 is 5.97 Å². The lowest BCUT2D eigenvalue weighted by Crippen LogP contribution is -2.11. The van der Waals surface area contributed by atoms with Crippen molar-refractivity contribution in [2.75, 3.05) is 7.11 Å². The average molecular weight is 230 g/mol. The lowest BCUT2D eigenvalue weighted by atomic mass is 10.2. The third kappa shape index (κ3) is 2.11. The normalized spacial score (nSPS) is 10.0. The number of hydrogen-bond donors (Lipinski definition) is 0. The topological polar surface area (TPSA) is 63.0 Å². The number of pyridine rings is 1. The Morgan fingerprint density at radius 1 is 1.62 bits per heavy atom. The molecule has 7 heteroatoms. The van der Waals surface area contributed by atoms with E-state index >= 15 is 0 Å². The van der Waals surface area contributed by atoms with E-state index in [4.69, 9.17) is 5.26 Å². The van der Waals surface area contributed by atoms with Crippen LogP contribution in [0.1, 0.15) is 28.2 Å². The number of carbonyl (C=O) groups excluding carboxylic acids is 1. The fourth-order valence-corrected chi connectivity index (χ4v) is 0.997. The van der Waals surface area contributed by atoms with Gasteiger partial charge in [0.05, 0.1) is 12.7 Å². The van der Waals surface area contributed by atoms with Gasteiger partial charge in [0.25, 0.3) is 6.43 Å². The summed E-state index contributed by atoms with van der Waals surface area (Å²) in [5, 5.41) is 8.48. The minimum Gasteiger partial charge on any atom is -0.464 e.